The van der Waals surface area contributed by atoms with Gasteiger partial charge in [-0.25, -0.2) is 8.42 Å². The molecule has 1 aliphatic heterocycles. The van der Waals surface area contributed by atoms with Crippen LogP contribution in [0, 0.1) is 0 Å². The number of likely N-dealkylation sites (N-methyl/N-ethyl adjacent to an activating group) is 1. The zero-order valence-electron chi connectivity index (χ0n) is 17.2. The second-order valence-corrected chi connectivity index (χ2v) is 8.99. The molecule has 3 rings (SSSR count). The molecule has 0 aromatic heterocycles. The van der Waals surface area contributed by atoms with Gasteiger partial charge in [-0.1, -0.05) is 12.1 Å². The Morgan fingerprint density at radius 3 is 2.27 bits per heavy atom. The third-order valence-corrected chi connectivity index (χ3v) is 6.75. The molecule has 0 unspecified atom stereocenters. The fraction of sp³-hybridized carbons (Fsp3) is 0.318. The molecule has 0 bridgehead atoms. The number of amides is 1. The molecule has 30 heavy (non-hydrogen) atoms. The van der Waals surface area contributed by atoms with Crippen molar-refractivity contribution in [2.24, 2.45) is 0 Å². The lowest BCUT2D eigenvalue weighted by atomic mass is 10.2. The zero-order chi connectivity index (χ0) is 21.6. The topological polar surface area (TPSA) is 78.9 Å². The summed E-state index contributed by atoms with van der Waals surface area (Å²) >= 11 is 0. The summed E-state index contributed by atoms with van der Waals surface area (Å²) in [5, 5.41) is 2.74. The zero-order valence-corrected chi connectivity index (χ0v) is 18.1. The second kappa shape index (κ2) is 9.88. The maximum absolute atomic E-state index is 12.8. The lowest BCUT2D eigenvalue weighted by molar-refractivity contribution is -0.111. The molecule has 0 spiro atoms. The van der Waals surface area contributed by atoms with Crippen molar-refractivity contribution in [3.8, 4) is 5.75 Å². The first-order valence-electron chi connectivity index (χ1n) is 9.89. The van der Waals surface area contributed by atoms with Crippen LogP contribution in [0.25, 0.3) is 6.08 Å². The highest BCUT2D eigenvalue weighted by molar-refractivity contribution is 7.89. The lowest BCUT2D eigenvalue weighted by Gasteiger charge is -2.31. The van der Waals surface area contributed by atoms with Crippen LogP contribution in [0.5, 0.6) is 5.75 Å². The Hall–Kier alpha value is -2.68. The van der Waals surface area contributed by atoms with Crippen LogP contribution in [0.2, 0.25) is 0 Å². The lowest BCUT2D eigenvalue weighted by Crippen LogP contribution is -2.46. The number of rotatable bonds is 7. The van der Waals surface area contributed by atoms with Gasteiger partial charge in [-0.3, -0.25) is 4.79 Å². The van der Waals surface area contributed by atoms with E-state index in [9.17, 15) is 13.2 Å². The molecule has 7 nitrogen and oxygen atoms in total. The van der Waals surface area contributed by atoms with Crippen LogP contribution in [0.3, 0.4) is 0 Å². The highest BCUT2D eigenvalue weighted by atomic mass is 32.2. The van der Waals surface area contributed by atoms with Crippen LogP contribution in [0.15, 0.2) is 59.5 Å². The molecule has 1 amide bonds. The molecule has 8 heteroatoms. The van der Waals surface area contributed by atoms with Gasteiger partial charge < -0.3 is 15.0 Å². The van der Waals surface area contributed by atoms with Gasteiger partial charge in [0.1, 0.15) is 5.75 Å². The predicted molar refractivity (Wildman–Crippen MR) is 118 cm³/mol. The predicted octanol–water partition coefficient (Wildman–Crippen LogP) is 2.67. The minimum atomic E-state index is -3.51. The number of hydrogen-bond acceptors (Lipinski definition) is 5. The van der Waals surface area contributed by atoms with Crippen LogP contribution < -0.4 is 10.1 Å². The first-order valence-corrected chi connectivity index (χ1v) is 11.3. The molecule has 1 N–H and O–H groups in total. The average Bonchev–Trinajstić information content (AvgIpc) is 2.74. The van der Waals surface area contributed by atoms with E-state index in [2.05, 4.69) is 10.2 Å². The first-order chi connectivity index (χ1) is 14.4. The van der Waals surface area contributed by atoms with E-state index in [1.807, 2.05) is 38.2 Å². The number of piperazine rings is 1. The summed E-state index contributed by atoms with van der Waals surface area (Å²) in [5.41, 5.74) is 1.41. The molecule has 1 fully saturated rings. The van der Waals surface area contributed by atoms with Crippen molar-refractivity contribution < 1.29 is 17.9 Å². The van der Waals surface area contributed by atoms with Gasteiger partial charge in [0, 0.05) is 37.9 Å². The van der Waals surface area contributed by atoms with E-state index in [0.29, 0.717) is 38.5 Å². The third kappa shape index (κ3) is 5.69. The molecular weight excluding hydrogens is 402 g/mol. The number of nitrogens with zero attached hydrogens (tertiary/aromatic N) is 2. The third-order valence-electron chi connectivity index (χ3n) is 4.84. The van der Waals surface area contributed by atoms with Crippen LogP contribution in [-0.2, 0) is 14.8 Å². The van der Waals surface area contributed by atoms with Gasteiger partial charge in [0.25, 0.3) is 0 Å². The van der Waals surface area contributed by atoms with Crippen molar-refractivity contribution in [2.75, 3.05) is 45.2 Å². The van der Waals surface area contributed by atoms with E-state index in [1.165, 1.54) is 22.5 Å². The number of anilines is 1. The summed E-state index contributed by atoms with van der Waals surface area (Å²) in [6, 6.07) is 13.7. The monoisotopic (exact) mass is 429 g/mol. The van der Waals surface area contributed by atoms with Gasteiger partial charge in [-0.15, -0.1) is 0 Å². The molecule has 0 radical (unpaired) electrons. The van der Waals surface area contributed by atoms with Crippen LogP contribution >= 0.6 is 0 Å². The number of sulfonamides is 1. The summed E-state index contributed by atoms with van der Waals surface area (Å²) in [6.45, 7) is 4.92. The molecule has 1 saturated heterocycles. The second-order valence-electron chi connectivity index (χ2n) is 7.06. The minimum absolute atomic E-state index is 0.231. The van der Waals surface area contributed by atoms with Gasteiger partial charge in [-0.2, -0.15) is 4.31 Å². The standard InChI is InChI=1S/C22H27N3O4S/c1-3-29-20-9-4-18(5-10-20)6-13-22(26)23-19-7-11-21(12-8-19)30(27,28)25-16-14-24(2)15-17-25/h4-13H,3,14-17H2,1-2H3,(H,23,26)/b13-6+. The summed E-state index contributed by atoms with van der Waals surface area (Å²) in [5.74, 6) is 0.490. The van der Waals surface area contributed by atoms with E-state index >= 15 is 0 Å². The van der Waals surface area contributed by atoms with Crippen molar-refractivity contribution in [1.29, 1.82) is 0 Å². The summed E-state index contributed by atoms with van der Waals surface area (Å²) in [6.07, 6.45) is 3.14. The fourth-order valence-electron chi connectivity index (χ4n) is 3.09. The Morgan fingerprint density at radius 1 is 1.03 bits per heavy atom. The van der Waals surface area contributed by atoms with E-state index in [-0.39, 0.29) is 10.8 Å². The maximum atomic E-state index is 12.8. The molecule has 0 saturated carbocycles. The number of carbonyl (C=O) groups excluding carboxylic acids is 1. The van der Waals surface area contributed by atoms with Crippen molar-refractivity contribution in [3.63, 3.8) is 0 Å². The van der Waals surface area contributed by atoms with Crippen molar-refractivity contribution >= 4 is 27.7 Å². The Balaban J connectivity index is 1.59. The number of benzene rings is 2. The molecule has 0 aliphatic carbocycles. The molecule has 2 aromatic carbocycles. The summed E-state index contributed by atoms with van der Waals surface area (Å²) < 4.78 is 32.4. The van der Waals surface area contributed by atoms with Gasteiger partial charge in [0.2, 0.25) is 15.9 Å². The van der Waals surface area contributed by atoms with E-state index in [0.717, 1.165) is 11.3 Å². The summed E-state index contributed by atoms with van der Waals surface area (Å²) in [7, 11) is -1.54. The fourth-order valence-corrected chi connectivity index (χ4v) is 4.51. The van der Waals surface area contributed by atoms with Crippen molar-refractivity contribution in [2.45, 2.75) is 11.8 Å². The van der Waals surface area contributed by atoms with Crippen molar-refractivity contribution in [1.82, 2.24) is 9.21 Å². The quantitative estimate of drug-likeness (QED) is 0.685. The van der Waals surface area contributed by atoms with Crippen LogP contribution in [-0.4, -0.2) is 63.4 Å². The first kappa shape index (κ1) is 22.0. The van der Waals surface area contributed by atoms with Crippen LogP contribution in [0.4, 0.5) is 5.69 Å². The molecular formula is C22H27N3O4S. The molecule has 160 valence electrons. The van der Waals surface area contributed by atoms with E-state index in [1.54, 1.807) is 18.2 Å². The Bertz CT molecular complexity index is 978. The SMILES string of the molecule is CCOc1ccc(/C=C/C(=O)Nc2ccc(S(=O)(=O)N3CCN(C)CC3)cc2)cc1. The number of nitrogens with one attached hydrogen (secondary N) is 1. The molecule has 1 aliphatic rings. The smallest absolute Gasteiger partial charge is 0.248 e. The number of hydrogen-bond donors (Lipinski definition) is 1. The van der Waals surface area contributed by atoms with Gasteiger partial charge in [-0.05, 0) is 62.0 Å². The van der Waals surface area contributed by atoms with Gasteiger partial charge in [0.15, 0.2) is 0 Å². The Morgan fingerprint density at radius 2 is 1.67 bits per heavy atom. The summed E-state index contributed by atoms with van der Waals surface area (Å²) in [4.78, 5) is 14.5. The molecule has 0 atom stereocenters. The van der Waals surface area contributed by atoms with Gasteiger partial charge in [0.05, 0.1) is 11.5 Å². The Kier molecular flexibility index (Phi) is 7.25. The highest BCUT2D eigenvalue weighted by Crippen LogP contribution is 2.20. The average molecular weight is 430 g/mol. The number of ether oxygens (including phenoxy) is 1. The highest BCUT2D eigenvalue weighted by Gasteiger charge is 2.27. The minimum Gasteiger partial charge on any atom is -0.494 e. The van der Waals surface area contributed by atoms with Gasteiger partial charge >= 0.3 is 0 Å². The van der Waals surface area contributed by atoms with Crippen molar-refractivity contribution in [3.05, 3.63) is 60.2 Å². The van der Waals surface area contributed by atoms with E-state index < -0.39 is 10.0 Å². The number of carbonyl (C=O) groups is 1. The van der Waals surface area contributed by atoms with E-state index in [4.69, 9.17) is 4.74 Å². The molecule has 2 aromatic rings. The van der Waals surface area contributed by atoms with Crippen LogP contribution in [0.1, 0.15) is 12.5 Å². The molecule has 1 heterocycles. The normalized spacial score (nSPS) is 15.9. The maximum Gasteiger partial charge on any atom is 0.248 e. The largest absolute Gasteiger partial charge is 0.494 e. The Labute approximate surface area is 178 Å².